The van der Waals surface area contributed by atoms with E-state index in [9.17, 15) is 14.7 Å². The SMILES string of the molecule is C=CC1=CC[C@H]2C(=O)C(C)=CC(=O)[C@@]2(Br)[C@H]1c1ccc(O)c(OCC)c1. The molecule has 1 aromatic carbocycles. The molecule has 0 saturated heterocycles. The quantitative estimate of drug-likeness (QED) is 0.745. The summed E-state index contributed by atoms with van der Waals surface area (Å²) in [5.74, 6) is -0.624. The van der Waals surface area contributed by atoms with Gasteiger partial charge in [0, 0.05) is 11.8 Å². The number of halogens is 1. The van der Waals surface area contributed by atoms with E-state index in [0.717, 1.165) is 11.1 Å². The number of carbonyl (C=O) groups is 2. The van der Waals surface area contributed by atoms with Crippen molar-refractivity contribution in [3.8, 4) is 11.5 Å². The van der Waals surface area contributed by atoms with Crippen molar-refractivity contribution in [2.45, 2.75) is 30.5 Å². The minimum absolute atomic E-state index is 0.0188. The molecule has 0 saturated carbocycles. The van der Waals surface area contributed by atoms with Crippen LogP contribution in [-0.4, -0.2) is 27.6 Å². The first-order chi connectivity index (χ1) is 12.3. The van der Waals surface area contributed by atoms with E-state index in [1.165, 1.54) is 6.08 Å². The number of Topliss-reactive ketones (excluding diaryl/α,β-unsaturated/α-hetero) is 1. The van der Waals surface area contributed by atoms with Gasteiger partial charge in [-0.3, -0.25) is 9.59 Å². The molecule has 4 nitrogen and oxygen atoms in total. The van der Waals surface area contributed by atoms with E-state index in [1.54, 1.807) is 31.2 Å². The smallest absolute Gasteiger partial charge is 0.174 e. The Morgan fingerprint density at radius 3 is 2.81 bits per heavy atom. The Morgan fingerprint density at radius 2 is 2.15 bits per heavy atom. The highest BCUT2D eigenvalue weighted by Crippen LogP contribution is 2.54. The predicted octanol–water partition coefficient (Wildman–Crippen LogP) is 4.24. The summed E-state index contributed by atoms with van der Waals surface area (Å²) < 4.78 is 4.43. The number of benzene rings is 1. The number of hydrogen-bond donors (Lipinski definition) is 1. The van der Waals surface area contributed by atoms with Crippen LogP contribution in [0.5, 0.6) is 11.5 Å². The lowest BCUT2D eigenvalue weighted by Gasteiger charge is -2.45. The first kappa shape index (κ1) is 18.6. The number of phenolic OH excluding ortho intramolecular Hbond substituents is 1. The minimum Gasteiger partial charge on any atom is -0.504 e. The zero-order chi connectivity index (χ0) is 19.1. The molecule has 26 heavy (non-hydrogen) atoms. The Morgan fingerprint density at radius 1 is 1.42 bits per heavy atom. The molecule has 0 radical (unpaired) electrons. The number of phenols is 1. The highest BCUT2D eigenvalue weighted by Gasteiger charge is 2.56. The van der Waals surface area contributed by atoms with Crippen LogP contribution in [0.1, 0.15) is 31.7 Å². The Bertz CT molecular complexity index is 852. The molecule has 1 N–H and O–H groups in total. The summed E-state index contributed by atoms with van der Waals surface area (Å²) in [6.45, 7) is 7.81. The van der Waals surface area contributed by atoms with Gasteiger partial charge in [-0.1, -0.05) is 40.7 Å². The molecular weight excluding hydrogens is 396 g/mol. The fourth-order valence-corrected chi connectivity index (χ4v) is 4.91. The molecule has 0 amide bonds. The summed E-state index contributed by atoms with van der Waals surface area (Å²) in [5, 5.41) is 10.0. The fourth-order valence-electron chi connectivity index (χ4n) is 3.87. The third kappa shape index (κ3) is 2.75. The molecule has 3 rings (SSSR count). The maximum atomic E-state index is 13.0. The van der Waals surface area contributed by atoms with Gasteiger partial charge in [0.15, 0.2) is 23.1 Å². The molecule has 0 bridgehead atoms. The Hall–Kier alpha value is -2.14. The number of alkyl halides is 1. The molecular formula is C21H21BrO4. The Kier molecular flexibility index (Phi) is 4.93. The number of rotatable bonds is 4. The van der Waals surface area contributed by atoms with Gasteiger partial charge < -0.3 is 9.84 Å². The van der Waals surface area contributed by atoms with E-state index in [0.29, 0.717) is 24.4 Å². The molecule has 5 heteroatoms. The van der Waals surface area contributed by atoms with Crippen LogP contribution >= 0.6 is 15.9 Å². The first-order valence-electron chi connectivity index (χ1n) is 8.58. The summed E-state index contributed by atoms with van der Waals surface area (Å²) in [6.07, 6.45) is 5.60. The largest absolute Gasteiger partial charge is 0.504 e. The second kappa shape index (κ2) is 6.88. The molecule has 2 aliphatic rings. The lowest BCUT2D eigenvalue weighted by molar-refractivity contribution is -0.128. The van der Waals surface area contributed by atoms with E-state index in [1.807, 2.05) is 13.0 Å². The highest BCUT2D eigenvalue weighted by molar-refractivity contribution is 9.10. The zero-order valence-corrected chi connectivity index (χ0v) is 16.4. The predicted molar refractivity (Wildman–Crippen MR) is 104 cm³/mol. The van der Waals surface area contributed by atoms with Crippen LogP contribution in [0.2, 0.25) is 0 Å². The second-order valence-corrected chi connectivity index (χ2v) is 7.93. The number of hydrogen-bond acceptors (Lipinski definition) is 4. The number of allylic oxidation sites excluding steroid dienone is 5. The highest BCUT2D eigenvalue weighted by atomic mass is 79.9. The Balaban J connectivity index is 2.20. The standard InChI is InChI=1S/C21H21BrO4/c1-4-13-6-8-15-20(25)12(3)10-18(24)21(15,22)19(13)14-7-9-16(23)17(11-14)26-5-2/h4,6-7,9-11,15,19,23H,1,5,8H2,2-3H3/t15-,19+,21+/m0/s1. The van der Waals surface area contributed by atoms with E-state index < -0.39 is 16.2 Å². The van der Waals surface area contributed by atoms with Crippen molar-refractivity contribution < 1.29 is 19.4 Å². The number of ether oxygens (including phenoxy) is 1. The zero-order valence-electron chi connectivity index (χ0n) is 14.8. The van der Waals surface area contributed by atoms with E-state index in [4.69, 9.17) is 4.74 Å². The molecule has 0 heterocycles. The van der Waals surface area contributed by atoms with E-state index >= 15 is 0 Å². The Labute approximate surface area is 161 Å². The van der Waals surface area contributed by atoms with Gasteiger partial charge in [-0.05, 0) is 55.2 Å². The monoisotopic (exact) mass is 416 g/mol. The van der Waals surface area contributed by atoms with Crippen molar-refractivity contribution in [2.24, 2.45) is 5.92 Å². The second-order valence-electron chi connectivity index (χ2n) is 6.61. The average molecular weight is 417 g/mol. The molecule has 0 unspecified atom stereocenters. The van der Waals surface area contributed by atoms with Crippen LogP contribution in [0.25, 0.3) is 0 Å². The number of carbonyl (C=O) groups excluding carboxylic acids is 2. The fraction of sp³-hybridized carbons (Fsp3) is 0.333. The van der Waals surface area contributed by atoms with Gasteiger partial charge in [-0.25, -0.2) is 0 Å². The molecule has 136 valence electrons. The summed E-state index contributed by atoms with van der Waals surface area (Å²) in [6, 6.07) is 5.04. The summed E-state index contributed by atoms with van der Waals surface area (Å²) in [5.41, 5.74) is 2.15. The summed E-state index contributed by atoms with van der Waals surface area (Å²) >= 11 is 3.67. The molecule has 1 aromatic rings. The van der Waals surface area contributed by atoms with E-state index in [2.05, 4.69) is 22.5 Å². The molecule has 0 aliphatic heterocycles. The number of fused-ring (bicyclic) bond motifs is 1. The maximum Gasteiger partial charge on any atom is 0.174 e. The summed E-state index contributed by atoms with van der Waals surface area (Å²) in [7, 11) is 0. The van der Waals surface area contributed by atoms with E-state index in [-0.39, 0.29) is 17.3 Å². The summed E-state index contributed by atoms with van der Waals surface area (Å²) in [4.78, 5) is 25.7. The third-order valence-electron chi connectivity index (χ3n) is 5.13. The molecule has 2 aliphatic carbocycles. The van der Waals surface area contributed by atoms with Gasteiger partial charge in [-0.15, -0.1) is 0 Å². The van der Waals surface area contributed by atoms with Gasteiger partial charge in [-0.2, -0.15) is 0 Å². The van der Waals surface area contributed by atoms with Crippen molar-refractivity contribution in [1.82, 2.24) is 0 Å². The van der Waals surface area contributed by atoms with Crippen molar-refractivity contribution in [2.75, 3.05) is 6.61 Å². The molecule has 0 spiro atoms. The first-order valence-corrected chi connectivity index (χ1v) is 9.37. The third-order valence-corrected chi connectivity index (χ3v) is 6.53. The normalized spacial score (nSPS) is 28.1. The van der Waals surface area contributed by atoms with Crippen molar-refractivity contribution in [3.05, 3.63) is 59.7 Å². The minimum atomic E-state index is -1.07. The van der Waals surface area contributed by atoms with Gasteiger partial charge in [0.2, 0.25) is 0 Å². The van der Waals surface area contributed by atoms with Gasteiger partial charge in [0.25, 0.3) is 0 Å². The van der Waals surface area contributed by atoms with Crippen LogP contribution in [0.3, 0.4) is 0 Å². The van der Waals surface area contributed by atoms with Crippen molar-refractivity contribution >= 4 is 27.5 Å². The van der Waals surface area contributed by atoms with Crippen LogP contribution in [0.15, 0.2) is 54.2 Å². The van der Waals surface area contributed by atoms with Crippen LogP contribution in [0, 0.1) is 5.92 Å². The van der Waals surface area contributed by atoms with Crippen LogP contribution in [0.4, 0.5) is 0 Å². The van der Waals surface area contributed by atoms with Crippen molar-refractivity contribution in [1.29, 1.82) is 0 Å². The van der Waals surface area contributed by atoms with Gasteiger partial charge >= 0.3 is 0 Å². The van der Waals surface area contributed by atoms with Gasteiger partial charge in [0.05, 0.1) is 6.61 Å². The lowest BCUT2D eigenvalue weighted by Crippen LogP contribution is -2.52. The average Bonchev–Trinajstić information content (AvgIpc) is 2.61. The lowest BCUT2D eigenvalue weighted by atomic mass is 9.63. The maximum absolute atomic E-state index is 13.0. The number of aromatic hydroxyl groups is 1. The van der Waals surface area contributed by atoms with Crippen LogP contribution < -0.4 is 4.74 Å². The topological polar surface area (TPSA) is 63.6 Å². The van der Waals surface area contributed by atoms with Crippen molar-refractivity contribution in [3.63, 3.8) is 0 Å². The van der Waals surface area contributed by atoms with Gasteiger partial charge in [0.1, 0.15) is 4.32 Å². The molecule has 0 fully saturated rings. The molecule has 0 aromatic heterocycles. The van der Waals surface area contributed by atoms with Crippen LogP contribution in [-0.2, 0) is 9.59 Å². The number of ketones is 2. The molecule has 3 atom stereocenters.